The van der Waals surface area contributed by atoms with Crippen LogP contribution in [-0.2, 0) is 17.0 Å². The molecule has 1 aliphatic heterocycles. The first kappa shape index (κ1) is 23.9. The van der Waals surface area contributed by atoms with Crippen LogP contribution in [0.2, 0.25) is 5.02 Å². The molecular weight excluding hydrogens is 537 g/mol. The van der Waals surface area contributed by atoms with Gasteiger partial charge in [0.15, 0.2) is 5.72 Å². The van der Waals surface area contributed by atoms with E-state index in [-0.39, 0.29) is 30.9 Å². The first-order valence-corrected chi connectivity index (χ1v) is 12.2. The lowest BCUT2D eigenvalue weighted by atomic mass is 9.92. The minimum Gasteiger partial charge on any atom is -0.396 e. The summed E-state index contributed by atoms with van der Waals surface area (Å²) in [6, 6.07) is 14.9. The van der Waals surface area contributed by atoms with Gasteiger partial charge in [0.05, 0.1) is 42.1 Å². The third-order valence-electron chi connectivity index (χ3n) is 6.64. The van der Waals surface area contributed by atoms with Crippen molar-refractivity contribution in [3.05, 3.63) is 98.0 Å². The Hall–Kier alpha value is -2.83. The van der Waals surface area contributed by atoms with Gasteiger partial charge in [0.1, 0.15) is 11.9 Å². The maximum atomic E-state index is 15.7. The lowest BCUT2D eigenvalue weighted by Crippen LogP contribution is -2.48. The van der Waals surface area contributed by atoms with Gasteiger partial charge in [0.2, 0.25) is 0 Å². The molecule has 0 radical (unpaired) electrons. The standard InChI is InChI=1S/C26H20BrClFN3O3/c27-18-9-21-23(22(29)10-18)26(17-2-4-19(28)5-3-17,35-15-25(14-33)7-8-25)32(24(21)34)13-20-6-1-16(11-30)12-31-20/h1-6,9-10,12,33H,7-8,13-15H2. The van der Waals surface area contributed by atoms with E-state index in [1.807, 2.05) is 6.07 Å². The molecule has 9 heteroatoms. The van der Waals surface area contributed by atoms with E-state index in [1.165, 1.54) is 17.2 Å². The normalized spacial score (nSPS) is 20.0. The fourth-order valence-corrected chi connectivity index (χ4v) is 4.99. The largest absolute Gasteiger partial charge is 0.396 e. The minimum atomic E-state index is -1.61. The van der Waals surface area contributed by atoms with Crippen molar-refractivity contribution in [2.75, 3.05) is 13.2 Å². The molecule has 178 valence electrons. The van der Waals surface area contributed by atoms with Crippen LogP contribution in [0.4, 0.5) is 4.39 Å². The smallest absolute Gasteiger partial charge is 0.257 e. The molecule has 1 amide bonds. The van der Waals surface area contributed by atoms with Crippen molar-refractivity contribution in [1.82, 2.24) is 9.88 Å². The van der Waals surface area contributed by atoms with Crippen molar-refractivity contribution in [1.29, 1.82) is 5.26 Å². The molecule has 1 saturated carbocycles. The van der Waals surface area contributed by atoms with Gasteiger partial charge < -0.3 is 9.84 Å². The third kappa shape index (κ3) is 4.13. The Morgan fingerprint density at radius 1 is 1.23 bits per heavy atom. The van der Waals surface area contributed by atoms with Crippen molar-refractivity contribution in [3.63, 3.8) is 0 Å². The van der Waals surface area contributed by atoms with Gasteiger partial charge in [0, 0.05) is 26.7 Å². The van der Waals surface area contributed by atoms with Crippen LogP contribution in [0.1, 0.15) is 45.6 Å². The first-order valence-electron chi connectivity index (χ1n) is 11.0. The minimum absolute atomic E-state index is 0.00499. The average Bonchev–Trinajstić information content (AvgIpc) is 3.60. The SMILES string of the molecule is N#Cc1ccc(CN2C(=O)c3cc(Br)cc(F)c3C2(OCC2(CO)CC2)c2ccc(Cl)cc2)nc1. The van der Waals surface area contributed by atoms with Crippen LogP contribution < -0.4 is 0 Å². The summed E-state index contributed by atoms with van der Waals surface area (Å²) in [5.74, 6) is -1.02. The predicted octanol–water partition coefficient (Wildman–Crippen LogP) is 5.15. The Morgan fingerprint density at radius 3 is 2.57 bits per heavy atom. The quantitative estimate of drug-likeness (QED) is 0.435. The van der Waals surface area contributed by atoms with Gasteiger partial charge in [-0.25, -0.2) is 4.39 Å². The third-order valence-corrected chi connectivity index (χ3v) is 7.35. The number of hydrogen-bond acceptors (Lipinski definition) is 5. The molecule has 0 bridgehead atoms. The zero-order chi connectivity index (χ0) is 24.8. The molecule has 1 aliphatic carbocycles. The zero-order valence-corrected chi connectivity index (χ0v) is 20.8. The number of halogens is 3. The van der Waals surface area contributed by atoms with E-state index in [0.29, 0.717) is 26.3 Å². The summed E-state index contributed by atoms with van der Waals surface area (Å²) >= 11 is 9.45. The van der Waals surface area contributed by atoms with Crippen LogP contribution in [0.3, 0.4) is 0 Å². The summed E-state index contributed by atoms with van der Waals surface area (Å²) in [6.45, 7) is 0.0706. The topological polar surface area (TPSA) is 86.5 Å². The van der Waals surface area contributed by atoms with Crippen molar-refractivity contribution >= 4 is 33.4 Å². The van der Waals surface area contributed by atoms with Gasteiger partial charge in [-0.15, -0.1) is 0 Å². The number of benzene rings is 2. The number of carbonyl (C=O) groups is 1. The van der Waals surface area contributed by atoms with E-state index in [4.69, 9.17) is 21.6 Å². The van der Waals surface area contributed by atoms with Crippen LogP contribution in [0, 0.1) is 22.6 Å². The van der Waals surface area contributed by atoms with Gasteiger partial charge >= 0.3 is 0 Å². The van der Waals surface area contributed by atoms with Gasteiger partial charge in [-0.2, -0.15) is 5.26 Å². The number of pyridine rings is 1. The van der Waals surface area contributed by atoms with Crippen LogP contribution in [0.15, 0.2) is 59.2 Å². The number of aliphatic hydroxyl groups is 1. The number of nitriles is 1. The summed E-state index contributed by atoms with van der Waals surface area (Å²) in [7, 11) is 0. The second-order valence-electron chi connectivity index (χ2n) is 8.95. The molecule has 1 atom stereocenters. The highest BCUT2D eigenvalue weighted by molar-refractivity contribution is 9.10. The number of rotatable bonds is 7. The van der Waals surface area contributed by atoms with E-state index in [0.717, 1.165) is 12.8 Å². The summed E-state index contributed by atoms with van der Waals surface area (Å²) in [6.07, 6.45) is 2.98. The number of fused-ring (bicyclic) bond motifs is 1. The molecule has 2 heterocycles. The molecule has 3 aromatic rings. The van der Waals surface area contributed by atoms with E-state index < -0.39 is 22.9 Å². The number of amides is 1. The van der Waals surface area contributed by atoms with Crippen molar-refractivity contribution in [2.45, 2.75) is 25.1 Å². The Labute approximate surface area is 215 Å². The Morgan fingerprint density at radius 2 is 1.97 bits per heavy atom. The van der Waals surface area contributed by atoms with E-state index in [1.54, 1.807) is 42.5 Å². The van der Waals surface area contributed by atoms with Gasteiger partial charge in [-0.05, 0) is 49.2 Å². The molecule has 5 rings (SSSR count). The van der Waals surface area contributed by atoms with E-state index in [2.05, 4.69) is 20.9 Å². The second-order valence-corrected chi connectivity index (χ2v) is 10.3. The Kier molecular flexibility index (Phi) is 6.14. The van der Waals surface area contributed by atoms with E-state index >= 15 is 4.39 Å². The fraction of sp³-hybridized carbons (Fsp3) is 0.269. The summed E-state index contributed by atoms with van der Waals surface area (Å²) < 4.78 is 22.7. The second kappa shape index (κ2) is 8.99. The Balaban J connectivity index is 1.70. The zero-order valence-electron chi connectivity index (χ0n) is 18.5. The monoisotopic (exact) mass is 555 g/mol. The summed E-state index contributed by atoms with van der Waals surface area (Å²) in [4.78, 5) is 19.6. The molecule has 1 aromatic heterocycles. The van der Waals surface area contributed by atoms with Crippen molar-refractivity contribution < 1.29 is 19.0 Å². The molecular formula is C26H20BrClFN3O3. The maximum Gasteiger partial charge on any atom is 0.257 e. The molecule has 35 heavy (non-hydrogen) atoms. The molecule has 0 saturated heterocycles. The number of hydrogen-bond donors (Lipinski definition) is 1. The van der Waals surface area contributed by atoms with Crippen LogP contribution in [0.25, 0.3) is 0 Å². The highest BCUT2D eigenvalue weighted by atomic mass is 79.9. The molecule has 1 N–H and O–H groups in total. The molecule has 1 fully saturated rings. The molecule has 2 aliphatic rings. The Bertz CT molecular complexity index is 1340. The van der Waals surface area contributed by atoms with Crippen LogP contribution >= 0.6 is 27.5 Å². The molecule has 1 unspecified atom stereocenters. The highest BCUT2D eigenvalue weighted by Crippen LogP contribution is 2.52. The lowest BCUT2D eigenvalue weighted by Gasteiger charge is -2.40. The lowest BCUT2D eigenvalue weighted by molar-refractivity contribution is -0.130. The van der Waals surface area contributed by atoms with E-state index in [9.17, 15) is 9.90 Å². The van der Waals surface area contributed by atoms with Crippen LogP contribution in [-0.4, -0.2) is 34.1 Å². The maximum absolute atomic E-state index is 15.7. The number of ether oxygens (including phenoxy) is 1. The predicted molar refractivity (Wildman–Crippen MR) is 130 cm³/mol. The molecule has 0 spiro atoms. The van der Waals surface area contributed by atoms with Crippen LogP contribution in [0.5, 0.6) is 0 Å². The summed E-state index contributed by atoms with van der Waals surface area (Å²) in [5.41, 5.74) is -0.326. The number of aromatic nitrogens is 1. The van der Waals surface area contributed by atoms with Crippen molar-refractivity contribution in [3.8, 4) is 6.07 Å². The number of aliphatic hydroxyl groups excluding tert-OH is 1. The summed E-state index contributed by atoms with van der Waals surface area (Å²) in [5, 5.41) is 19.5. The average molecular weight is 557 g/mol. The van der Waals surface area contributed by atoms with Gasteiger partial charge in [-0.3, -0.25) is 14.7 Å². The fourth-order valence-electron chi connectivity index (χ4n) is 4.43. The van der Waals surface area contributed by atoms with Gasteiger partial charge in [0.25, 0.3) is 5.91 Å². The number of carbonyl (C=O) groups excluding carboxylic acids is 1. The molecule has 6 nitrogen and oxygen atoms in total. The number of nitrogens with zero attached hydrogens (tertiary/aromatic N) is 3. The first-order chi connectivity index (χ1) is 16.8. The van der Waals surface area contributed by atoms with Gasteiger partial charge in [-0.1, -0.05) is 39.7 Å². The molecule has 2 aromatic carbocycles. The van der Waals surface area contributed by atoms with Crippen molar-refractivity contribution in [2.24, 2.45) is 5.41 Å². The highest BCUT2D eigenvalue weighted by Gasteiger charge is 2.56.